The molecule has 1 amide bonds. The second-order valence-corrected chi connectivity index (χ2v) is 6.35. The molecular weight excluding hydrogens is 336 g/mol. The Balaban J connectivity index is 1.51. The summed E-state index contributed by atoms with van der Waals surface area (Å²) in [5.41, 5.74) is 9.15. The molecule has 0 unspecified atom stereocenters. The molecule has 4 aromatic rings. The number of nitrogens with one attached hydrogen (secondary N) is 1. The molecule has 4 aromatic heterocycles. The predicted octanol–water partition coefficient (Wildman–Crippen LogP) is 2.37. The lowest BCUT2D eigenvalue weighted by Crippen LogP contribution is -2.21. The van der Waals surface area contributed by atoms with Crippen molar-refractivity contribution in [1.29, 1.82) is 0 Å². The van der Waals surface area contributed by atoms with Crippen LogP contribution in [0.1, 0.15) is 15.2 Å². The van der Waals surface area contributed by atoms with Gasteiger partial charge in [-0.05, 0) is 40.8 Å². The van der Waals surface area contributed by atoms with E-state index in [2.05, 4.69) is 20.4 Å². The molecule has 3 N–H and O–H groups in total. The van der Waals surface area contributed by atoms with Gasteiger partial charge in [0.05, 0.1) is 4.88 Å². The lowest BCUT2D eigenvalue weighted by molar-refractivity contribution is 0.0955. The van der Waals surface area contributed by atoms with Crippen LogP contribution in [0.15, 0.2) is 54.3 Å². The standard InChI is InChI=1S/C17H14N6OS/c18-17-21-15-4-3-12(9-23(15)22-17)13-6-14(25-10-13)16(24)20-8-11-2-1-5-19-7-11/h1-7,9-10H,8H2,(H2,18,22)(H,20,24). The minimum absolute atomic E-state index is 0.105. The van der Waals surface area contributed by atoms with E-state index in [9.17, 15) is 4.79 Å². The fraction of sp³-hybridized carbons (Fsp3) is 0.0588. The Labute approximate surface area is 147 Å². The van der Waals surface area contributed by atoms with Crippen molar-refractivity contribution in [2.75, 3.05) is 5.73 Å². The van der Waals surface area contributed by atoms with Gasteiger partial charge < -0.3 is 11.1 Å². The molecule has 124 valence electrons. The molecule has 0 bridgehead atoms. The molecule has 0 fully saturated rings. The van der Waals surface area contributed by atoms with Crippen LogP contribution in [-0.4, -0.2) is 25.5 Å². The van der Waals surface area contributed by atoms with Crippen LogP contribution in [0, 0.1) is 0 Å². The Morgan fingerprint density at radius 3 is 3.04 bits per heavy atom. The van der Waals surface area contributed by atoms with Crippen LogP contribution in [-0.2, 0) is 6.54 Å². The highest BCUT2D eigenvalue weighted by atomic mass is 32.1. The first-order chi connectivity index (χ1) is 12.2. The van der Waals surface area contributed by atoms with Crippen molar-refractivity contribution in [2.24, 2.45) is 0 Å². The highest BCUT2D eigenvalue weighted by molar-refractivity contribution is 7.12. The van der Waals surface area contributed by atoms with Gasteiger partial charge in [-0.1, -0.05) is 6.07 Å². The SMILES string of the molecule is Nc1nc2ccc(-c3csc(C(=O)NCc4cccnc4)c3)cn2n1. The van der Waals surface area contributed by atoms with Gasteiger partial charge in [0.15, 0.2) is 5.65 Å². The normalized spacial score (nSPS) is 10.9. The molecule has 0 spiro atoms. The lowest BCUT2D eigenvalue weighted by atomic mass is 10.1. The number of carbonyl (C=O) groups excluding carboxylic acids is 1. The van der Waals surface area contributed by atoms with Crippen LogP contribution in [0.25, 0.3) is 16.8 Å². The van der Waals surface area contributed by atoms with Crippen molar-refractivity contribution in [2.45, 2.75) is 6.54 Å². The number of nitrogens with zero attached hydrogens (tertiary/aromatic N) is 4. The van der Waals surface area contributed by atoms with E-state index in [-0.39, 0.29) is 11.9 Å². The first-order valence-electron chi connectivity index (χ1n) is 7.57. The number of hydrogen-bond acceptors (Lipinski definition) is 6. The number of thiophene rings is 1. The fourth-order valence-corrected chi connectivity index (χ4v) is 3.28. The molecule has 7 nitrogen and oxygen atoms in total. The van der Waals surface area contributed by atoms with E-state index in [0.29, 0.717) is 17.1 Å². The van der Waals surface area contributed by atoms with Gasteiger partial charge in [-0.15, -0.1) is 16.4 Å². The van der Waals surface area contributed by atoms with E-state index < -0.39 is 0 Å². The van der Waals surface area contributed by atoms with E-state index >= 15 is 0 Å². The summed E-state index contributed by atoms with van der Waals surface area (Å²) >= 11 is 1.40. The van der Waals surface area contributed by atoms with E-state index in [1.807, 2.05) is 41.9 Å². The second kappa shape index (κ2) is 6.33. The molecule has 25 heavy (non-hydrogen) atoms. The topological polar surface area (TPSA) is 98.2 Å². The van der Waals surface area contributed by atoms with Gasteiger partial charge in [-0.2, -0.15) is 4.98 Å². The molecule has 0 aliphatic heterocycles. The largest absolute Gasteiger partial charge is 0.366 e. The molecule has 0 radical (unpaired) electrons. The summed E-state index contributed by atoms with van der Waals surface area (Å²) in [7, 11) is 0. The Morgan fingerprint density at radius 1 is 1.28 bits per heavy atom. The summed E-state index contributed by atoms with van der Waals surface area (Å²) in [6.07, 6.45) is 5.29. The zero-order chi connectivity index (χ0) is 17.2. The van der Waals surface area contributed by atoms with Crippen molar-refractivity contribution >= 4 is 28.8 Å². The summed E-state index contributed by atoms with van der Waals surface area (Å²) in [5.74, 6) is 0.129. The van der Waals surface area contributed by atoms with E-state index in [1.165, 1.54) is 11.3 Å². The lowest BCUT2D eigenvalue weighted by Gasteiger charge is -2.03. The van der Waals surface area contributed by atoms with Gasteiger partial charge in [0.1, 0.15) is 0 Å². The number of amides is 1. The number of nitrogen functional groups attached to an aromatic ring is 1. The summed E-state index contributed by atoms with van der Waals surface area (Å²) in [4.78, 5) is 21.1. The number of fused-ring (bicyclic) bond motifs is 1. The first kappa shape index (κ1) is 15.3. The molecule has 4 heterocycles. The Bertz CT molecular complexity index is 1040. The highest BCUT2D eigenvalue weighted by Gasteiger charge is 2.11. The maximum atomic E-state index is 12.3. The molecule has 0 aromatic carbocycles. The van der Waals surface area contributed by atoms with Crippen LogP contribution in [0.4, 0.5) is 5.95 Å². The maximum Gasteiger partial charge on any atom is 0.261 e. The predicted molar refractivity (Wildman–Crippen MR) is 96.1 cm³/mol. The van der Waals surface area contributed by atoms with E-state index in [4.69, 9.17) is 5.73 Å². The number of hydrogen-bond donors (Lipinski definition) is 2. The fourth-order valence-electron chi connectivity index (χ4n) is 2.45. The van der Waals surface area contributed by atoms with Crippen molar-refractivity contribution < 1.29 is 4.79 Å². The quantitative estimate of drug-likeness (QED) is 0.589. The molecule has 8 heteroatoms. The Hall–Kier alpha value is -3.26. The van der Waals surface area contributed by atoms with Gasteiger partial charge in [0, 0.05) is 30.7 Å². The van der Waals surface area contributed by atoms with Gasteiger partial charge >= 0.3 is 0 Å². The van der Waals surface area contributed by atoms with Crippen molar-refractivity contribution in [1.82, 2.24) is 24.9 Å². The number of aromatic nitrogens is 4. The molecule has 0 saturated carbocycles. The number of pyridine rings is 2. The molecule has 0 aliphatic carbocycles. The minimum Gasteiger partial charge on any atom is -0.366 e. The van der Waals surface area contributed by atoms with E-state index in [1.54, 1.807) is 16.9 Å². The molecule has 4 rings (SSSR count). The Morgan fingerprint density at radius 2 is 2.20 bits per heavy atom. The Kier molecular flexibility index (Phi) is 3.87. The second-order valence-electron chi connectivity index (χ2n) is 5.43. The summed E-state index contributed by atoms with van der Waals surface area (Å²) in [6.45, 7) is 0.449. The zero-order valence-corrected chi connectivity index (χ0v) is 13.9. The summed E-state index contributed by atoms with van der Waals surface area (Å²) < 4.78 is 1.63. The number of nitrogens with two attached hydrogens (primary N) is 1. The average Bonchev–Trinajstić information content (AvgIpc) is 3.25. The van der Waals surface area contributed by atoms with Crippen LogP contribution < -0.4 is 11.1 Å². The molecule has 0 saturated heterocycles. The third kappa shape index (κ3) is 3.20. The van der Waals surface area contributed by atoms with Gasteiger partial charge in [-0.3, -0.25) is 9.78 Å². The maximum absolute atomic E-state index is 12.3. The van der Waals surface area contributed by atoms with Crippen LogP contribution in [0.3, 0.4) is 0 Å². The van der Waals surface area contributed by atoms with Crippen LogP contribution in [0.2, 0.25) is 0 Å². The van der Waals surface area contributed by atoms with Crippen LogP contribution in [0.5, 0.6) is 0 Å². The number of anilines is 1. The summed E-state index contributed by atoms with van der Waals surface area (Å²) in [5, 5.41) is 8.95. The minimum atomic E-state index is -0.105. The molecular formula is C17H14N6OS. The van der Waals surface area contributed by atoms with Crippen molar-refractivity contribution in [3.8, 4) is 11.1 Å². The molecule has 0 aliphatic rings. The number of carbonyl (C=O) groups is 1. The first-order valence-corrected chi connectivity index (χ1v) is 8.45. The number of rotatable bonds is 4. The molecule has 0 atom stereocenters. The van der Waals surface area contributed by atoms with Crippen molar-refractivity contribution in [3.05, 3.63) is 64.7 Å². The average molecular weight is 350 g/mol. The summed E-state index contributed by atoms with van der Waals surface area (Å²) in [6, 6.07) is 9.41. The third-order valence-corrected chi connectivity index (χ3v) is 4.61. The van der Waals surface area contributed by atoms with Gasteiger partial charge in [0.25, 0.3) is 5.91 Å². The van der Waals surface area contributed by atoms with E-state index in [0.717, 1.165) is 16.7 Å². The van der Waals surface area contributed by atoms with Gasteiger partial charge in [-0.25, -0.2) is 4.52 Å². The van der Waals surface area contributed by atoms with Crippen LogP contribution >= 0.6 is 11.3 Å². The highest BCUT2D eigenvalue weighted by Crippen LogP contribution is 2.26. The third-order valence-electron chi connectivity index (χ3n) is 3.68. The van der Waals surface area contributed by atoms with Gasteiger partial charge in [0.2, 0.25) is 5.95 Å². The smallest absolute Gasteiger partial charge is 0.261 e. The zero-order valence-electron chi connectivity index (χ0n) is 13.1. The van der Waals surface area contributed by atoms with Crippen molar-refractivity contribution in [3.63, 3.8) is 0 Å². The monoisotopic (exact) mass is 350 g/mol.